The minimum absolute atomic E-state index is 0.226. The summed E-state index contributed by atoms with van der Waals surface area (Å²) in [5.74, 6) is -0.226. The van der Waals surface area contributed by atoms with Gasteiger partial charge in [-0.05, 0) is 49.3 Å². The number of amides is 1. The fourth-order valence-electron chi connectivity index (χ4n) is 2.71. The molecule has 1 aromatic heterocycles. The monoisotopic (exact) mass is 429 g/mol. The molecule has 28 heavy (non-hydrogen) atoms. The Morgan fingerprint density at radius 3 is 2.39 bits per heavy atom. The summed E-state index contributed by atoms with van der Waals surface area (Å²) in [7, 11) is 0. The van der Waals surface area contributed by atoms with Gasteiger partial charge in [0.2, 0.25) is 0 Å². The van der Waals surface area contributed by atoms with Crippen LogP contribution in [0.3, 0.4) is 0 Å². The molecular weight excluding hydrogens is 410 g/mol. The summed E-state index contributed by atoms with van der Waals surface area (Å²) in [5, 5.41) is 5.94. The van der Waals surface area contributed by atoms with Crippen LogP contribution in [0.15, 0.2) is 53.9 Å². The molecule has 4 nitrogen and oxygen atoms in total. The highest BCUT2D eigenvalue weighted by atomic mass is 35.5. The van der Waals surface area contributed by atoms with E-state index in [1.807, 2.05) is 67.8 Å². The highest BCUT2D eigenvalue weighted by Crippen LogP contribution is 2.32. The van der Waals surface area contributed by atoms with Crippen molar-refractivity contribution in [2.24, 2.45) is 0 Å². The highest BCUT2D eigenvalue weighted by molar-refractivity contribution is 7.80. The molecule has 2 aromatic carbocycles. The molecule has 0 aliphatic heterocycles. The third-order valence-electron chi connectivity index (χ3n) is 4.22. The summed E-state index contributed by atoms with van der Waals surface area (Å²) in [6.07, 6.45) is 0. The molecule has 0 bridgehead atoms. The summed E-state index contributed by atoms with van der Waals surface area (Å²) in [6.45, 7) is 4.59. The summed E-state index contributed by atoms with van der Waals surface area (Å²) < 4.78 is 0. The molecule has 3 N–H and O–H groups in total. The SMILES string of the molecule is Cc1ccc(-c2c(C(=O)NNC(=S)NCc3ccc(Cl)cc3)csc2C)cc1. The van der Waals surface area contributed by atoms with Crippen molar-refractivity contribution in [2.45, 2.75) is 20.4 Å². The molecule has 0 unspecified atom stereocenters. The van der Waals surface area contributed by atoms with Crippen molar-refractivity contribution in [1.82, 2.24) is 16.2 Å². The van der Waals surface area contributed by atoms with Crippen LogP contribution >= 0.6 is 35.2 Å². The van der Waals surface area contributed by atoms with E-state index in [-0.39, 0.29) is 5.91 Å². The van der Waals surface area contributed by atoms with Gasteiger partial charge in [-0.1, -0.05) is 53.6 Å². The molecule has 0 saturated carbocycles. The first-order valence-corrected chi connectivity index (χ1v) is 10.3. The van der Waals surface area contributed by atoms with E-state index in [2.05, 4.69) is 16.2 Å². The van der Waals surface area contributed by atoms with E-state index in [4.69, 9.17) is 23.8 Å². The van der Waals surface area contributed by atoms with Crippen LogP contribution in [-0.4, -0.2) is 11.0 Å². The molecule has 0 fully saturated rings. The predicted molar refractivity (Wildman–Crippen MR) is 121 cm³/mol. The first kappa shape index (κ1) is 20.3. The van der Waals surface area contributed by atoms with Crippen molar-refractivity contribution >= 4 is 46.2 Å². The number of hydrogen-bond donors (Lipinski definition) is 3. The van der Waals surface area contributed by atoms with Crippen LogP contribution in [0.1, 0.15) is 26.4 Å². The molecule has 0 saturated heterocycles. The van der Waals surface area contributed by atoms with Crippen molar-refractivity contribution in [3.63, 3.8) is 0 Å². The summed E-state index contributed by atoms with van der Waals surface area (Å²) in [4.78, 5) is 13.8. The van der Waals surface area contributed by atoms with Crippen molar-refractivity contribution in [3.05, 3.63) is 80.5 Å². The number of carbonyl (C=O) groups is 1. The fourth-order valence-corrected chi connectivity index (χ4v) is 3.82. The number of benzene rings is 2. The van der Waals surface area contributed by atoms with Gasteiger partial charge in [0.15, 0.2) is 5.11 Å². The maximum atomic E-state index is 12.7. The van der Waals surface area contributed by atoms with E-state index in [0.717, 1.165) is 21.6 Å². The van der Waals surface area contributed by atoms with Gasteiger partial charge in [-0.25, -0.2) is 0 Å². The molecule has 0 atom stereocenters. The van der Waals surface area contributed by atoms with E-state index in [9.17, 15) is 4.79 Å². The smallest absolute Gasteiger partial charge is 0.271 e. The second kappa shape index (κ2) is 9.19. The zero-order valence-corrected chi connectivity index (χ0v) is 17.9. The molecule has 3 aromatic rings. The van der Waals surface area contributed by atoms with Crippen LogP contribution in [0.5, 0.6) is 0 Å². The van der Waals surface area contributed by atoms with Gasteiger partial charge in [0, 0.05) is 27.4 Å². The standard InChI is InChI=1S/C21H20ClN3OS2/c1-13-3-7-16(8-4-13)19-14(2)28-12-18(19)20(26)24-25-21(27)23-11-15-5-9-17(22)10-6-15/h3-10,12H,11H2,1-2H3,(H,24,26)(H2,23,25,27). The quantitative estimate of drug-likeness (QED) is 0.403. The number of nitrogens with one attached hydrogen (secondary N) is 3. The maximum absolute atomic E-state index is 12.7. The van der Waals surface area contributed by atoms with Crippen LogP contribution in [0, 0.1) is 13.8 Å². The van der Waals surface area contributed by atoms with Crippen LogP contribution in [0.2, 0.25) is 5.02 Å². The van der Waals surface area contributed by atoms with Gasteiger partial charge in [0.05, 0.1) is 5.56 Å². The first-order valence-electron chi connectivity index (χ1n) is 8.68. The number of hydrazine groups is 1. The number of hydrogen-bond acceptors (Lipinski definition) is 3. The Bertz CT molecular complexity index is 982. The van der Waals surface area contributed by atoms with Crippen LogP contribution in [-0.2, 0) is 6.54 Å². The Kier molecular flexibility index (Phi) is 6.67. The van der Waals surface area contributed by atoms with Gasteiger partial charge in [0.25, 0.3) is 5.91 Å². The second-order valence-electron chi connectivity index (χ2n) is 6.33. The van der Waals surface area contributed by atoms with Gasteiger partial charge < -0.3 is 5.32 Å². The Hall–Kier alpha value is -2.41. The fraction of sp³-hybridized carbons (Fsp3) is 0.143. The summed E-state index contributed by atoms with van der Waals surface area (Å²) in [6, 6.07) is 15.6. The van der Waals surface area contributed by atoms with Gasteiger partial charge in [-0.2, -0.15) is 0 Å². The van der Waals surface area contributed by atoms with E-state index < -0.39 is 0 Å². The number of aryl methyl sites for hydroxylation is 2. The Labute approximate surface area is 178 Å². The Morgan fingerprint density at radius 1 is 1.04 bits per heavy atom. The average Bonchev–Trinajstić information content (AvgIpc) is 3.08. The normalized spacial score (nSPS) is 10.4. The number of halogens is 1. The lowest BCUT2D eigenvalue weighted by Crippen LogP contribution is -2.46. The van der Waals surface area contributed by atoms with Gasteiger partial charge in [-0.15, -0.1) is 11.3 Å². The third-order valence-corrected chi connectivity index (χ3v) is 5.63. The second-order valence-corrected chi connectivity index (χ2v) is 8.26. The van der Waals surface area contributed by atoms with Crippen molar-refractivity contribution in [2.75, 3.05) is 0 Å². The molecule has 1 amide bonds. The molecule has 3 rings (SSSR count). The summed E-state index contributed by atoms with van der Waals surface area (Å²) in [5.41, 5.74) is 10.2. The lowest BCUT2D eigenvalue weighted by atomic mass is 10.0. The largest absolute Gasteiger partial charge is 0.357 e. The van der Waals surface area contributed by atoms with Crippen LogP contribution < -0.4 is 16.2 Å². The number of carbonyl (C=O) groups excluding carboxylic acids is 1. The highest BCUT2D eigenvalue weighted by Gasteiger charge is 2.17. The Balaban J connectivity index is 1.60. The Morgan fingerprint density at radius 2 is 1.71 bits per heavy atom. The molecular formula is C21H20ClN3OS2. The number of thiocarbonyl (C=S) groups is 1. The molecule has 1 heterocycles. The molecule has 144 valence electrons. The average molecular weight is 430 g/mol. The van der Waals surface area contributed by atoms with E-state index in [1.54, 1.807) is 11.3 Å². The molecule has 0 aliphatic rings. The van der Waals surface area contributed by atoms with Gasteiger partial charge in [0.1, 0.15) is 0 Å². The van der Waals surface area contributed by atoms with Crippen LogP contribution in [0.4, 0.5) is 0 Å². The molecule has 0 spiro atoms. The number of thiophene rings is 1. The van der Waals surface area contributed by atoms with E-state index in [1.165, 1.54) is 5.56 Å². The minimum atomic E-state index is -0.226. The van der Waals surface area contributed by atoms with Gasteiger partial charge >= 0.3 is 0 Å². The molecule has 0 radical (unpaired) electrons. The topological polar surface area (TPSA) is 53.2 Å². The minimum Gasteiger partial charge on any atom is -0.357 e. The number of rotatable bonds is 4. The lowest BCUT2D eigenvalue weighted by molar-refractivity contribution is 0.0944. The molecule has 7 heteroatoms. The zero-order valence-electron chi connectivity index (χ0n) is 15.5. The van der Waals surface area contributed by atoms with Gasteiger partial charge in [-0.3, -0.25) is 15.6 Å². The van der Waals surface area contributed by atoms with Crippen molar-refractivity contribution in [3.8, 4) is 11.1 Å². The maximum Gasteiger partial charge on any atom is 0.271 e. The summed E-state index contributed by atoms with van der Waals surface area (Å²) >= 11 is 12.7. The predicted octanol–water partition coefficient (Wildman–Crippen LogP) is 4.99. The molecule has 0 aliphatic carbocycles. The van der Waals surface area contributed by atoms with E-state index in [0.29, 0.717) is 22.2 Å². The third kappa shape index (κ3) is 5.10. The van der Waals surface area contributed by atoms with Crippen molar-refractivity contribution < 1.29 is 4.79 Å². The van der Waals surface area contributed by atoms with Crippen molar-refractivity contribution in [1.29, 1.82) is 0 Å². The van der Waals surface area contributed by atoms with E-state index >= 15 is 0 Å². The van der Waals surface area contributed by atoms with Crippen LogP contribution in [0.25, 0.3) is 11.1 Å². The lowest BCUT2D eigenvalue weighted by Gasteiger charge is -2.12. The zero-order chi connectivity index (χ0) is 20.1. The first-order chi connectivity index (χ1) is 13.4.